The zero-order chi connectivity index (χ0) is 15.7. The molecule has 1 saturated heterocycles. The minimum Gasteiger partial charge on any atom is -0.330 e. The fourth-order valence-electron chi connectivity index (χ4n) is 3.32. The molecule has 2 nitrogen and oxygen atoms in total. The van der Waals surface area contributed by atoms with Crippen LogP contribution in [0, 0.1) is 5.92 Å². The van der Waals surface area contributed by atoms with Crippen molar-refractivity contribution in [3.8, 4) is 0 Å². The van der Waals surface area contributed by atoms with Gasteiger partial charge in [0.05, 0.1) is 0 Å². The summed E-state index contributed by atoms with van der Waals surface area (Å²) in [5.74, 6) is 0.698. The Bertz CT molecular complexity index is 453. The summed E-state index contributed by atoms with van der Waals surface area (Å²) in [6.45, 7) is 15.8. The molecule has 2 rings (SSSR count). The van der Waals surface area contributed by atoms with Crippen molar-refractivity contribution in [1.29, 1.82) is 0 Å². The van der Waals surface area contributed by atoms with Crippen molar-refractivity contribution in [2.75, 3.05) is 26.2 Å². The van der Waals surface area contributed by atoms with E-state index in [4.69, 9.17) is 5.73 Å². The molecule has 1 atom stereocenters. The molecule has 1 unspecified atom stereocenters. The molecule has 2 heteroatoms. The van der Waals surface area contributed by atoms with Crippen LogP contribution in [-0.2, 0) is 10.8 Å². The van der Waals surface area contributed by atoms with E-state index in [9.17, 15) is 0 Å². The van der Waals surface area contributed by atoms with Gasteiger partial charge in [-0.2, -0.15) is 0 Å². The summed E-state index contributed by atoms with van der Waals surface area (Å²) in [4.78, 5) is 2.58. The summed E-state index contributed by atoms with van der Waals surface area (Å²) in [6, 6.07) is 9.22. The number of nitrogens with zero attached hydrogens (tertiary/aromatic N) is 1. The van der Waals surface area contributed by atoms with E-state index >= 15 is 0 Å². The van der Waals surface area contributed by atoms with E-state index in [0.717, 1.165) is 13.1 Å². The zero-order valence-electron chi connectivity index (χ0n) is 14.4. The molecule has 0 aliphatic carbocycles. The minimum absolute atomic E-state index is 0.194. The zero-order valence-corrected chi connectivity index (χ0v) is 14.4. The van der Waals surface area contributed by atoms with Crippen LogP contribution in [-0.4, -0.2) is 31.1 Å². The fraction of sp³-hybridized carbons (Fsp3) is 0.684. The molecular formula is C19H32N2. The first-order valence-corrected chi connectivity index (χ1v) is 8.26. The highest BCUT2D eigenvalue weighted by molar-refractivity contribution is 5.31. The summed E-state index contributed by atoms with van der Waals surface area (Å²) in [5.41, 5.74) is 9.07. The summed E-state index contributed by atoms with van der Waals surface area (Å²) in [6.07, 6.45) is 1.26. The normalized spacial score (nSPS) is 21.0. The Morgan fingerprint density at radius 3 is 2.10 bits per heavy atom. The number of nitrogens with two attached hydrogens (primary N) is 1. The van der Waals surface area contributed by atoms with Crippen LogP contribution in [0.4, 0.5) is 0 Å². The van der Waals surface area contributed by atoms with Gasteiger partial charge in [0.25, 0.3) is 0 Å². The Kier molecular flexibility index (Phi) is 4.79. The Balaban J connectivity index is 2.05. The van der Waals surface area contributed by atoms with Crippen LogP contribution >= 0.6 is 0 Å². The van der Waals surface area contributed by atoms with Gasteiger partial charge in [-0.1, -0.05) is 58.9 Å². The molecule has 1 aromatic rings. The lowest BCUT2D eigenvalue weighted by molar-refractivity contribution is 0.261. The number of likely N-dealkylation sites (tertiary alicyclic amines) is 1. The predicted molar refractivity (Wildman–Crippen MR) is 91.8 cm³/mol. The maximum Gasteiger partial charge on any atom is 0.00734 e. The fourth-order valence-corrected chi connectivity index (χ4v) is 3.32. The monoisotopic (exact) mass is 288 g/mol. The van der Waals surface area contributed by atoms with Gasteiger partial charge < -0.3 is 10.6 Å². The van der Waals surface area contributed by atoms with Crippen LogP contribution < -0.4 is 5.73 Å². The maximum absolute atomic E-state index is 5.80. The van der Waals surface area contributed by atoms with E-state index in [1.165, 1.54) is 30.6 Å². The largest absolute Gasteiger partial charge is 0.330 e. The second-order valence-electron chi connectivity index (χ2n) is 8.34. The summed E-state index contributed by atoms with van der Waals surface area (Å²) in [7, 11) is 0. The van der Waals surface area contributed by atoms with E-state index in [1.807, 2.05) is 0 Å². The molecule has 0 bridgehead atoms. The molecule has 1 heterocycles. The topological polar surface area (TPSA) is 29.3 Å². The van der Waals surface area contributed by atoms with Crippen LogP contribution in [0.25, 0.3) is 0 Å². The first-order valence-electron chi connectivity index (χ1n) is 8.26. The Morgan fingerprint density at radius 2 is 1.62 bits per heavy atom. The van der Waals surface area contributed by atoms with E-state index in [0.29, 0.717) is 5.92 Å². The quantitative estimate of drug-likeness (QED) is 0.918. The molecule has 1 aromatic carbocycles. The lowest BCUT2D eigenvalue weighted by atomic mass is 9.81. The third-order valence-corrected chi connectivity index (χ3v) is 4.85. The van der Waals surface area contributed by atoms with E-state index in [1.54, 1.807) is 0 Å². The van der Waals surface area contributed by atoms with Crippen molar-refractivity contribution in [1.82, 2.24) is 4.90 Å². The molecule has 2 N–H and O–H groups in total. The van der Waals surface area contributed by atoms with Crippen molar-refractivity contribution in [2.24, 2.45) is 11.7 Å². The van der Waals surface area contributed by atoms with Crippen LogP contribution in [0.2, 0.25) is 0 Å². The highest BCUT2D eigenvalue weighted by Crippen LogP contribution is 2.29. The van der Waals surface area contributed by atoms with Gasteiger partial charge in [0.1, 0.15) is 0 Å². The standard InChI is InChI=1S/C19H32N2/c1-18(2,3)16-6-8-17(9-7-16)19(4,5)14-21-11-10-15(12-20)13-21/h6-9,15H,10-14,20H2,1-5H3. The molecule has 0 radical (unpaired) electrons. The first kappa shape index (κ1) is 16.5. The van der Waals surface area contributed by atoms with Crippen molar-refractivity contribution >= 4 is 0 Å². The third-order valence-electron chi connectivity index (χ3n) is 4.85. The highest BCUT2D eigenvalue weighted by Gasteiger charge is 2.29. The van der Waals surface area contributed by atoms with Crippen molar-refractivity contribution < 1.29 is 0 Å². The van der Waals surface area contributed by atoms with Crippen molar-refractivity contribution in [3.63, 3.8) is 0 Å². The van der Waals surface area contributed by atoms with Crippen LogP contribution in [0.3, 0.4) is 0 Å². The Morgan fingerprint density at radius 1 is 1.05 bits per heavy atom. The molecule has 0 aromatic heterocycles. The lowest BCUT2D eigenvalue weighted by Gasteiger charge is -2.31. The van der Waals surface area contributed by atoms with Gasteiger partial charge in [-0.05, 0) is 42.0 Å². The maximum atomic E-state index is 5.80. The number of benzene rings is 1. The van der Waals surface area contributed by atoms with Gasteiger partial charge in [-0.15, -0.1) is 0 Å². The van der Waals surface area contributed by atoms with Crippen LogP contribution in [0.15, 0.2) is 24.3 Å². The predicted octanol–water partition coefficient (Wildman–Crippen LogP) is 3.54. The molecule has 1 aliphatic heterocycles. The average molecular weight is 288 g/mol. The molecule has 1 aliphatic rings. The second-order valence-corrected chi connectivity index (χ2v) is 8.34. The molecular weight excluding hydrogens is 256 g/mol. The molecule has 0 saturated carbocycles. The second kappa shape index (κ2) is 6.10. The average Bonchev–Trinajstić information content (AvgIpc) is 2.85. The summed E-state index contributed by atoms with van der Waals surface area (Å²) in [5, 5.41) is 0. The number of hydrogen-bond acceptors (Lipinski definition) is 2. The third kappa shape index (κ3) is 4.08. The molecule has 0 amide bonds. The number of rotatable bonds is 4. The van der Waals surface area contributed by atoms with Gasteiger partial charge >= 0.3 is 0 Å². The Hall–Kier alpha value is -0.860. The van der Waals surface area contributed by atoms with Gasteiger partial charge in [0, 0.05) is 18.5 Å². The molecule has 21 heavy (non-hydrogen) atoms. The van der Waals surface area contributed by atoms with Gasteiger partial charge in [0.2, 0.25) is 0 Å². The Labute approximate surface area is 130 Å². The highest BCUT2D eigenvalue weighted by atomic mass is 15.2. The van der Waals surface area contributed by atoms with E-state index < -0.39 is 0 Å². The number of hydrogen-bond donors (Lipinski definition) is 1. The van der Waals surface area contributed by atoms with E-state index in [2.05, 4.69) is 63.8 Å². The van der Waals surface area contributed by atoms with Crippen LogP contribution in [0.5, 0.6) is 0 Å². The molecule has 118 valence electrons. The van der Waals surface area contributed by atoms with Gasteiger partial charge in [-0.3, -0.25) is 0 Å². The summed E-state index contributed by atoms with van der Waals surface area (Å²) >= 11 is 0. The smallest absolute Gasteiger partial charge is 0.00734 e. The van der Waals surface area contributed by atoms with Gasteiger partial charge in [-0.25, -0.2) is 0 Å². The minimum atomic E-state index is 0.194. The van der Waals surface area contributed by atoms with E-state index in [-0.39, 0.29) is 10.8 Å². The molecule has 1 fully saturated rings. The van der Waals surface area contributed by atoms with Crippen molar-refractivity contribution in [3.05, 3.63) is 35.4 Å². The first-order chi connectivity index (χ1) is 9.72. The van der Waals surface area contributed by atoms with Gasteiger partial charge in [0.15, 0.2) is 0 Å². The lowest BCUT2D eigenvalue weighted by Crippen LogP contribution is -2.36. The van der Waals surface area contributed by atoms with Crippen LogP contribution in [0.1, 0.15) is 52.2 Å². The molecule has 0 spiro atoms. The van der Waals surface area contributed by atoms with Crippen molar-refractivity contribution in [2.45, 2.75) is 51.9 Å². The SMILES string of the molecule is CC(C)(C)c1ccc(C(C)(C)CN2CCC(CN)C2)cc1. The summed E-state index contributed by atoms with van der Waals surface area (Å²) < 4.78 is 0.